The topological polar surface area (TPSA) is 49.8 Å². The van der Waals surface area contributed by atoms with E-state index in [-0.39, 0.29) is 0 Å². The Balaban J connectivity index is 2.60. The summed E-state index contributed by atoms with van der Waals surface area (Å²) in [5.41, 5.74) is -0.526. The molecule has 88 valence electrons. The molecule has 0 aromatic rings. The zero-order chi connectivity index (χ0) is 11.5. The second-order valence-electron chi connectivity index (χ2n) is 4.46. The molecular weight excluding hydrogens is 194 g/mol. The van der Waals surface area contributed by atoms with Crippen molar-refractivity contribution < 1.29 is 14.6 Å². The van der Waals surface area contributed by atoms with Crippen molar-refractivity contribution in [3.63, 3.8) is 0 Å². The molecule has 1 saturated heterocycles. The molecule has 1 aliphatic rings. The molecule has 1 aliphatic heterocycles. The summed E-state index contributed by atoms with van der Waals surface area (Å²) >= 11 is 0. The van der Waals surface area contributed by atoms with Gasteiger partial charge in [-0.25, -0.2) is 0 Å². The van der Waals surface area contributed by atoms with Crippen molar-refractivity contribution in [3.8, 4) is 0 Å². The Morgan fingerprint density at radius 1 is 1.67 bits per heavy atom. The summed E-state index contributed by atoms with van der Waals surface area (Å²) in [7, 11) is 1.68. The van der Waals surface area contributed by atoms with Crippen LogP contribution in [0.4, 0.5) is 0 Å². The number of methoxy groups -OCH3 is 1. The summed E-state index contributed by atoms with van der Waals surface area (Å²) in [5.74, 6) is -0.655. The van der Waals surface area contributed by atoms with E-state index < -0.39 is 11.4 Å². The number of hydrogen-bond acceptors (Lipinski definition) is 3. The molecule has 0 spiro atoms. The number of carboxylic acid groups (broad SMARTS) is 1. The van der Waals surface area contributed by atoms with Crippen LogP contribution in [0, 0.1) is 5.41 Å². The van der Waals surface area contributed by atoms with Crippen LogP contribution in [-0.2, 0) is 9.53 Å². The van der Waals surface area contributed by atoms with Gasteiger partial charge >= 0.3 is 5.97 Å². The van der Waals surface area contributed by atoms with Gasteiger partial charge in [-0.2, -0.15) is 0 Å². The normalized spacial score (nSPS) is 29.3. The Morgan fingerprint density at radius 3 is 2.73 bits per heavy atom. The van der Waals surface area contributed by atoms with Crippen LogP contribution in [-0.4, -0.2) is 48.8 Å². The minimum Gasteiger partial charge on any atom is -0.481 e. The number of hydrogen-bond donors (Lipinski definition) is 1. The average Bonchev–Trinajstić information content (AvgIpc) is 2.63. The number of carboxylic acids is 1. The first kappa shape index (κ1) is 12.5. The largest absolute Gasteiger partial charge is 0.481 e. The predicted octanol–water partition coefficient (Wildman–Crippen LogP) is 1.21. The molecule has 1 heterocycles. The highest BCUT2D eigenvalue weighted by molar-refractivity contribution is 5.75. The van der Waals surface area contributed by atoms with Crippen LogP contribution in [0.3, 0.4) is 0 Å². The Labute approximate surface area is 91.2 Å². The summed E-state index contributed by atoms with van der Waals surface area (Å²) in [5, 5.41) is 9.24. The third-order valence-corrected chi connectivity index (χ3v) is 3.54. The maximum Gasteiger partial charge on any atom is 0.310 e. The van der Waals surface area contributed by atoms with Crippen LogP contribution in [0.5, 0.6) is 0 Å². The molecular formula is C11H21NO3. The highest BCUT2D eigenvalue weighted by Gasteiger charge is 2.44. The van der Waals surface area contributed by atoms with Crippen molar-refractivity contribution in [1.82, 2.24) is 4.90 Å². The van der Waals surface area contributed by atoms with Gasteiger partial charge in [-0.3, -0.25) is 9.69 Å². The van der Waals surface area contributed by atoms with Crippen LogP contribution in [0.1, 0.15) is 26.7 Å². The van der Waals surface area contributed by atoms with E-state index in [4.69, 9.17) is 4.74 Å². The van der Waals surface area contributed by atoms with Crippen molar-refractivity contribution >= 4 is 5.97 Å². The minimum absolute atomic E-state index is 0.308. The van der Waals surface area contributed by atoms with Crippen molar-refractivity contribution in [3.05, 3.63) is 0 Å². The van der Waals surface area contributed by atoms with Gasteiger partial charge in [0.25, 0.3) is 0 Å². The molecule has 0 radical (unpaired) electrons. The molecule has 0 aliphatic carbocycles. The van der Waals surface area contributed by atoms with Crippen LogP contribution in [0.25, 0.3) is 0 Å². The number of ether oxygens (including phenoxy) is 1. The first-order valence-corrected chi connectivity index (χ1v) is 5.52. The number of nitrogens with zero attached hydrogens (tertiary/aromatic N) is 1. The van der Waals surface area contributed by atoms with Gasteiger partial charge in [-0.1, -0.05) is 6.92 Å². The zero-order valence-electron chi connectivity index (χ0n) is 9.82. The molecule has 0 bridgehead atoms. The summed E-state index contributed by atoms with van der Waals surface area (Å²) in [6.45, 7) is 6.23. The van der Waals surface area contributed by atoms with E-state index in [2.05, 4.69) is 11.8 Å². The van der Waals surface area contributed by atoms with Gasteiger partial charge in [0.1, 0.15) is 0 Å². The van der Waals surface area contributed by atoms with Crippen LogP contribution in [0.15, 0.2) is 0 Å². The van der Waals surface area contributed by atoms with E-state index in [9.17, 15) is 9.90 Å². The van der Waals surface area contributed by atoms with Crippen molar-refractivity contribution in [2.75, 3.05) is 26.8 Å². The van der Waals surface area contributed by atoms with Crippen molar-refractivity contribution in [1.29, 1.82) is 0 Å². The van der Waals surface area contributed by atoms with E-state index in [0.29, 0.717) is 25.6 Å². The molecule has 0 amide bonds. The van der Waals surface area contributed by atoms with E-state index >= 15 is 0 Å². The molecule has 1 rings (SSSR count). The number of rotatable bonds is 5. The SMILES string of the molecule is CCC1(C(=O)O)CCN(C(C)COC)C1. The summed E-state index contributed by atoms with van der Waals surface area (Å²) < 4.78 is 5.09. The second-order valence-corrected chi connectivity index (χ2v) is 4.46. The van der Waals surface area contributed by atoms with Gasteiger partial charge < -0.3 is 9.84 Å². The lowest BCUT2D eigenvalue weighted by Crippen LogP contribution is -2.39. The van der Waals surface area contributed by atoms with E-state index in [0.717, 1.165) is 13.0 Å². The molecule has 2 atom stereocenters. The van der Waals surface area contributed by atoms with E-state index in [1.807, 2.05) is 6.92 Å². The molecule has 0 saturated carbocycles. The summed E-state index contributed by atoms with van der Waals surface area (Å²) in [6.07, 6.45) is 1.46. The maximum atomic E-state index is 11.2. The van der Waals surface area contributed by atoms with Gasteiger partial charge in [-0.05, 0) is 26.3 Å². The fraction of sp³-hybridized carbons (Fsp3) is 0.909. The lowest BCUT2D eigenvalue weighted by molar-refractivity contribution is -0.148. The van der Waals surface area contributed by atoms with Crippen LogP contribution >= 0.6 is 0 Å². The molecule has 4 nitrogen and oxygen atoms in total. The van der Waals surface area contributed by atoms with Gasteiger partial charge in [0, 0.05) is 19.7 Å². The van der Waals surface area contributed by atoms with Crippen molar-refractivity contribution in [2.24, 2.45) is 5.41 Å². The Kier molecular flexibility index (Phi) is 4.11. The van der Waals surface area contributed by atoms with Crippen molar-refractivity contribution in [2.45, 2.75) is 32.7 Å². The average molecular weight is 215 g/mol. The number of likely N-dealkylation sites (tertiary alicyclic amines) is 1. The third kappa shape index (κ3) is 2.49. The predicted molar refractivity (Wildman–Crippen MR) is 57.9 cm³/mol. The van der Waals surface area contributed by atoms with Gasteiger partial charge in [0.2, 0.25) is 0 Å². The first-order chi connectivity index (χ1) is 7.05. The molecule has 1 N–H and O–H groups in total. The van der Waals surface area contributed by atoms with Gasteiger partial charge in [-0.15, -0.1) is 0 Å². The second kappa shape index (κ2) is 4.94. The number of aliphatic carboxylic acids is 1. The quantitative estimate of drug-likeness (QED) is 0.749. The fourth-order valence-electron chi connectivity index (χ4n) is 2.24. The van der Waals surface area contributed by atoms with E-state index in [1.165, 1.54) is 0 Å². The summed E-state index contributed by atoms with van der Waals surface area (Å²) in [6, 6.07) is 0.308. The first-order valence-electron chi connectivity index (χ1n) is 5.52. The lowest BCUT2D eigenvalue weighted by atomic mass is 9.84. The minimum atomic E-state index is -0.655. The Bertz CT molecular complexity index is 232. The smallest absolute Gasteiger partial charge is 0.310 e. The lowest BCUT2D eigenvalue weighted by Gasteiger charge is -2.26. The Morgan fingerprint density at radius 2 is 2.33 bits per heavy atom. The molecule has 4 heteroatoms. The Hall–Kier alpha value is -0.610. The van der Waals surface area contributed by atoms with Gasteiger partial charge in [0.05, 0.1) is 12.0 Å². The monoisotopic (exact) mass is 215 g/mol. The summed E-state index contributed by atoms with van der Waals surface area (Å²) in [4.78, 5) is 13.4. The highest BCUT2D eigenvalue weighted by atomic mass is 16.5. The zero-order valence-corrected chi connectivity index (χ0v) is 9.82. The maximum absolute atomic E-state index is 11.2. The molecule has 0 aromatic carbocycles. The van der Waals surface area contributed by atoms with Crippen LogP contribution < -0.4 is 0 Å². The molecule has 1 fully saturated rings. The third-order valence-electron chi connectivity index (χ3n) is 3.54. The number of carbonyl (C=O) groups is 1. The highest BCUT2D eigenvalue weighted by Crippen LogP contribution is 2.35. The van der Waals surface area contributed by atoms with Gasteiger partial charge in [0.15, 0.2) is 0 Å². The fourth-order valence-corrected chi connectivity index (χ4v) is 2.24. The van der Waals surface area contributed by atoms with Crippen LogP contribution in [0.2, 0.25) is 0 Å². The standard InChI is InChI=1S/C11H21NO3/c1-4-11(10(13)14)5-6-12(8-11)9(2)7-15-3/h9H,4-8H2,1-3H3,(H,13,14). The molecule has 2 unspecified atom stereocenters. The molecule has 0 aromatic heterocycles. The molecule has 15 heavy (non-hydrogen) atoms. The van der Waals surface area contributed by atoms with E-state index in [1.54, 1.807) is 7.11 Å².